The van der Waals surface area contributed by atoms with Crippen LogP contribution in [0.3, 0.4) is 0 Å². The Morgan fingerprint density at radius 2 is 2.09 bits per heavy atom. The van der Waals surface area contributed by atoms with Gasteiger partial charge in [-0.2, -0.15) is 0 Å². The van der Waals surface area contributed by atoms with Crippen molar-refractivity contribution in [3.8, 4) is 5.75 Å². The molecule has 34 heavy (non-hydrogen) atoms. The number of fused-ring (bicyclic) bond motifs is 1. The highest BCUT2D eigenvalue weighted by molar-refractivity contribution is 7.99. The molecule has 182 valence electrons. The topological polar surface area (TPSA) is 45.6 Å². The number of hydrogen-bond donors (Lipinski definition) is 1. The number of ether oxygens (including phenoxy) is 1. The lowest BCUT2D eigenvalue weighted by atomic mass is 9.81. The van der Waals surface area contributed by atoms with Gasteiger partial charge in [0, 0.05) is 41.9 Å². The van der Waals surface area contributed by atoms with Gasteiger partial charge in [0.05, 0.1) is 12.6 Å². The van der Waals surface area contributed by atoms with E-state index in [-0.39, 0.29) is 12.5 Å². The third-order valence-corrected chi connectivity index (χ3v) is 7.96. The molecule has 0 bridgehead atoms. The number of likely N-dealkylation sites (tertiary alicyclic amines) is 1. The third kappa shape index (κ3) is 6.29. The van der Waals surface area contributed by atoms with Crippen LogP contribution in [-0.4, -0.2) is 54.1 Å². The lowest BCUT2D eigenvalue weighted by Crippen LogP contribution is -2.43. The van der Waals surface area contributed by atoms with Crippen LogP contribution in [0.4, 0.5) is 4.39 Å². The molecule has 0 saturated carbocycles. The first-order valence-electron chi connectivity index (χ1n) is 12.2. The summed E-state index contributed by atoms with van der Waals surface area (Å²) in [6, 6.07) is 16.0. The van der Waals surface area contributed by atoms with Gasteiger partial charge >= 0.3 is 0 Å². The minimum atomic E-state index is -1.05. The number of methoxy groups -OCH3 is 1. The van der Waals surface area contributed by atoms with E-state index in [1.54, 1.807) is 19.4 Å². The number of aromatic nitrogens is 1. The SMILES string of the molecule is COc1ccc2nccc([C@@H](F)CC[C@@H]3CCN(CCSc4cccc(C)c4)C[C@@H]3CO)c2c1. The molecule has 1 aliphatic heterocycles. The number of thioether (sulfide) groups is 1. The van der Waals surface area contributed by atoms with E-state index in [1.807, 2.05) is 30.0 Å². The maximum Gasteiger partial charge on any atom is 0.126 e. The summed E-state index contributed by atoms with van der Waals surface area (Å²) in [5.74, 6) is 2.31. The fourth-order valence-corrected chi connectivity index (χ4v) is 6.04. The summed E-state index contributed by atoms with van der Waals surface area (Å²) < 4.78 is 20.7. The van der Waals surface area contributed by atoms with Crippen molar-refractivity contribution in [1.29, 1.82) is 0 Å². The van der Waals surface area contributed by atoms with Gasteiger partial charge in [-0.15, -0.1) is 11.8 Å². The van der Waals surface area contributed by atoms with Gasteiger partial charge < -0.3 is 14.7 Å². The van der Waals surface area contributed by atoms with Crippen LogP contribution >= 0.6 is 11.8 Å². The standard InChI is InChI=1S/C28H35FN2O2S/c1-20-4-3-5-24(16-20)34-15-14-31-13-11-21(22(18-31)19-32)6-8-27(29)25-10-12-30-28-9-7-23(33-2)17-26(25)28/h3-5,7,9-10,12,16-17,21-22,27,32H,6,8,11,13-15,18-19H2,1-2H3/t21-,22-,27+/m1/s1. The van der Waals surface area contributed by atoms with E-state index in [2.05, 4.69) is 41.1 Å². The van der Waals surface area contributed by atoms with Gasteiger partial charge in [-0.1, -0.05) is 17.7 Å². The minimum Gasteiger partial charge on any atom is -0.497 e. The first kappa shape index (κ1) is 25.0. The number of aryl methyl sites for hydroxylation is 1. The first-order valence-corrected chi connectivity index (χ1v) is 13.2. The van der Waals surface area contributed by atoms with E-state index in [4.69, 9.17) is 4.74 Å². The largest absolute Gasteiger partial charge is 0.497 e. The van der Waals surface area contributed by atoms with Crippen LogP contribution in [0.15, 0.2) is 59.6 Å². The normalized spacial score (nSPS) is 19.9. The van der Waals surface area contributed by atoms with Crippen LogP contribution < -0.4 is 4.74 Å². The molecule has 4 rings (SSSR count). The number of pyridine rings is 1. The molecular formula is C28H35FN2O2S. The molecule has 0 spiro atoms. The summed E-state index contributed by atoms with van der Waals surface area (Å²) in [5.41, 5.74) is 2.75. The van der Waals surface area contributed by atoms with E-state index >= 15 is 4.39 Å². The van der Waals surface area contributed by atoms with Crippen LogP contribution in [0.25, 0.3) is 10.9 Å². The zero-order valence-electron chi connectivity index (χ0n) is 20.1. The van der Waals surface area contributed by atoms with Crippen molar-refractivity contribution in [3.05, 3.63) is 65.9 Å². The molecule has 0 radical (unpaired) electrons. The Hall–Kier alpha value is -2.15. The Bertz CT molecular complexity index is 1080. The lowest BCUT2D eigenvalue weighted by Gasteiger charge is -2.38. The Balaban J connectivity index is 1.29. The number of alkyl halides is 1. The summed E-state index contributed by atoms with van der Waals surface area (Å²) in [4.78, 5) is 8.13. The average molecular weight is 483 g/mol. The number of aliphatic hydroxyl groups is 1. The summed E-state index contributed by atoms with van der Waals surface area (Å²) in [5, 5.41) is 10.9. The van der Waals surface area contributed by atoms with E-state index in [1.165, 1.54) is 10.5 Å². The molecule has 2 heterocycles. The second-order valence-electron chi connectivity index (χ2n) is 9.29. The average Bonchev–Trinajstić information content (AvgIpc) is 2.87. The van der Waals surface area contributed by atoms with E-state index in [9.17, 15) is 5.11 Å². The first-order chi connectivity index (χ1) is 16.6. The monoisotopic (exact) mass is 482 g/mol. The van der Waals surface area contributed by atoms with Crippen molar-refractivity contribution >= 4 is 22.7 Å². The minimum absolute atomic E-state index is 0.165. The summed E-state index contributed by atoms with van der Waals surface area (Å²) in [6.07, 6.45) is 2.88. The predicted octanol–water partition coefficient (Wildman–Crippen LogP) is 6.07. The molecule has 0 amide bonds. The van der Waals surface area contributed by atoms with Crippen molar-refractivity contribution in [2.75, 3.05) is 39.1 Å². The Labute approximate surface area is 206 Å². The molecule has 1 N–H and O–H groups in total. The number of rotatable bonds is 10. The zero-order valence-corrected chi connectivity index (χ0v) is 20.9. The van der Waals surface area contributed by atoms with Crippen molar-refractivity contribution in [1.82, 2.24) is 9.88 Å². The van der Waals surface area contributed by atoms with Gasteiger partial charge in [-0.05, 0) is 86.5 Å². The smallest absolute Gasteiger partial charge is 0.126 e. The zero-order chi connectivity index (χ0) is 23.9. The van der Waals surface area contributed by atoms with Crippen molar-refractivity contribution in [3.63, 3.8) is 0 Å². The molecule has 0 aliphatic carbocycles. The van der Waals surface area contributed by atoms with Crippen LogP contribution in [0.1, 0.15) is 36.6 Å². The summed E-state index contributed by atoms with van der Waals surface area (Å²) in [7, 11) is 1.62. The van der Waals surface area contributed by atoms with Crippen molar-refractivity contribution in [2.24, 2.45) is 11.8 Å². The number of aliphatic hydroxyl groups excluding tert-OH is 1. The maximum atomic E-state index is 15.4. The second-order valence-corrected chi connectivity index (χ2v) is 10.5. The van der Waals surface area contributed by atoms with Gasteiger partial charge in [0.1, 0.15) is 11.9 Å². The highest BCUT2D eigenvalue weighted by Gasteiger charge is 2.29. The molecule has 1 fully saturated rings. The van der Waals surface area contributed by atoms with Crippen molar-refractivity contribution < 1.29 is 14.2 Å². The van der Waals surface area contributed by atoms with E-state index in [0.29, 0.717) is 23.7 Å². The maximum absolute atomic E-state index is 15.4. The van der Waals surface area contributed by atoms with Gasteiger partial charge in [-0.25, -0.2) is 4.39 Å². The number of hydrogen-bond acceptors (Lipinski definition) is 5. The third-order valence-electron chi connectivity index (χ3n) is 6.99. The Kier molecular flexibility index (Phi) is 8.81. The molecule has 6 heteroatoms. The summed E-state index contributed by atoms with van der Waals surface area (Å²) in [6.45, 7) is 5.21. The van der Waals surface area contributed by atoms with Crippen molar-refractivity contribution in [2.45, 2.75) is 37.3 Å². The Morgan fingerprint density at radius 1 is 1.21 bits per heavy atom. The molecule has 1 saturated heterocycles. The molecule has 0 unspecified atom stereocenters. The molecule has 3 atom stereocenters. The highest BCUT2D eigenvalue weighted by Crippen LogP contribution is 2.35. The molecular weight excluding hydrogens is 447 g/mol. The van der Waals surface area contributed by atoms with Crippen LogP contribution in [0.2, 0.25) is 0 Å². The van der Waals surface area contributed by atoms with Crippen LogP contribution in [0, 0.1) is 18.8 Å². The lowest BCUT2D eigenvalue weighted by molar-refractivity contribution is 0.0672. The number of nitrogens with zero attached hydrogens (tertiary/aromatic N) is 2. The fourth-order valence-electron chi connectivity index (χ4n) is 5.01. The Morgan fingerprint density at radius 3 is 2.88 bits per heavy atom. The second kappa shape index (κ2) is 12.0. The van der Waals surface area contributed by atoms with E-state index < -0.39 is 6.17 Å². The molecule has 1 aliphatic rings. The molecule has 2 aromatic carbocycles. The molecule has 3 aromatic rings. The van der Waals surface area contributed by atoms with Crippen LogP contribution in [-0.2, 0) is 0 Å². The van der Waals surface area contributed by atoms with Gasteiger partial charge in [0.25, 0.3) is 0 Å². The van der Waals surface area contributed by atoms with Gasteiger partial charge in [-0.3, -0.25) is 4.98 Å². The quantitative estimate of drug-likeness (QED) is 0.356. The van der Waals surface area contributed by atoms with Crippen LogP contribution in [0.5, 0.6) is 5.75 Å². The van der Waals surface area contributed by atoms with Gasteiger partial charge in [0.15, 0.2) is 0 Å². The number of piperidine rings is 1. The molecule has 1 aromatic heterocycles. The van der Waals surface area contributed by atoms with E-state index in [0.717, 1.165) is 49.1 Å². The predicted molar refractivity (Wildman–Crippen MR) is 138 cm³/mol. The summed E-state index contributed by atoms with van der Waals surface area (Å²) >= 11 is 1.89. The highest BCUT2D eigenvalue weighted by atomic mass is 32.2. The van der Waals surface area contributed by atoms with Gasteiger partial charge in [0.2, 0.25) is 0 Å². The fraction of sp³-hybridized carbons (Fsp3) is 0.464. The number of benzene rings is 2. The number of halogens is 1. The molecule has 4 nitrogen and oxygen atoms in total.